The van der Waals surface area contributed by atoms with E-state index in [0.717, 1.165) is 22.6 Å². The van der Waals surface area contributed by atoms with Crippen molar-refractivity contribution in [2.45, 2.75) is 31.1 Å². The van der Waals surface area contributed by atoms with Gasteiger partial charge in [0.05, 0.1) is 18.9 Å². The number of carbonyl (C=O) groups excluding carboxylic acids is 2. The molecule has 0 saturated carbocycles. The number of thioether (sulfide) groups is 1. The molecule has 3 aromatic carbocycles. The van der Waals surface area contributed by atoms with Gasteiger partial charge in [-0.2, -0.15) is 10.1 Å². The monoisotopic (exact) mass is 516 g/mol. The van der Waals surface area contributed by atoms with Crippen LogP contribution < -0.4 is 10.1 Å². The number of hydrazone groups is 1. The molecule has 0 fully saturated rings. The molecule has 0 unspecified atom stereocenters. The minimum Gasteiger partial charge on any atom is -0.497 e. The Morgan fingerprint density at radius 1 is 1.14 bits per heavy atom. The number of hydrogen-bond donors (Lipinski definition) is 1. The molecule has 0 saturated heterocycles. The van der Waals surface area contributed by atoms with Gasteiger partial charge in [0.2, 0.25) is 5.91 Å². The number of benzene rings is 3. The molecule has 3 aromatic rings. The van der Waals surface area contributed by atoms with Crippen molar-refractivity contribution in [3.05, 3.63) is 95.3 Å². The van der Waals surface area contributed by atoms with Crippen LogP contribution in [0, 0.1) is 12.7 Å². The summed E-state index contributed by atoms with van der Waals surface area (Å²) < 4.78 is 19.2. The number of carbonyl (C=O) groups is 2. The molecule has 7 nitrogen and oxygen atoms in total. The predicted octanol–water partition coefficient (Wildman–Crippen LogP) is 5.32. The molecular formula is C28H25FN4O3S. The highest BCUT2D eigenvalue weighted by molar-refractivity contribution is 8.15. The molecule has 9 heteroatoms. The number of amidine groups is 1. The second-order valence-electron chi connectivity index (χ2n) is 8.81. The second-order valence-corrected chi connectivity index (χ2v) is 9.98. The fraction of sp³-hybridized carbons (Fsp3) is 0.214. The standard InChI is InChI=1S/C28H25FN4O3S/c1-17-11-12-20(14-22(17)29)30-26(34)16-25-27(35)31-28(37-25)33-24(18-7-4-3-5-8-18)15-23(32-33)19-9-6-10-21(13-19)36-2/h3-14,24-25H,15-16H2,1-2H3,(H,30,34)/t24-,25-/m1/s1. The van der Waals surface area contributed by atoms with E-state index in [0.29, 0.717) is 22.8 Å². The van der Waals surface area contributed by atoms with Crippen LogP contribution in [-0.4, -0.2) is 40.1 Å². The molecule has 0 aliphatic carbocycles. The lowest BCUT2D eigenvalue weighted by Crippen LogP contribution is -2.25. The largest absolute Gasteiger partial charge is 0.497 e. The average Bonchev–Trinajstić information content (AvgIpc) is 3.51. The van der Waals surface area contributed by atoms with Crippen molar-refractivity contribution in [1.29, 1.82) is 0 Å². The summed E-state index contributed by atoms with van der Waals surface area (Å²) in [7, 11) is 1.62. The Balaban J connectivity index is 1.34. The van der Waals surface area contributed by atoms with Gasteiger partial charge in [-0.15, -0.1) is 0 Å². The van der Waals surface area contributed by atoms with Crippen LogP contribution in [0.25, 0.3) is 0 Å². The molecule has 2 atom stereocenters. The second kappa shape index (κ2) is 10.6. The summed E-state index contributed by atoms with van der Waals surface area (Å²) in [5.41, 5.74) is 3.67. The molecule has 2 aliphatic rings. The Bertz CT molecular complexity index is 1410. The van der Waals surface area contributed by atoms with E-state index >= 15 is 0 Å². The lowest BCUT2D eigenvalue weighted by molar-refractivity contribution is -0.121. The van der Waals surface area contributed by atoms with Gasteiger partial charge in [-0.25, -0.2) is 9.40 Å². The average molecular weight is 517 g/mol. The fourth-order valence-corrected chi connectivity index (χ4v) is 5.32. The van der Waals surface area contributed by atoms with E-state index in [1.165, 1.54) is 17.8 Å². The normalized spacial score (nSPS) is 19.0. The molecule has 5 rings (SSSR count). The molecule has 37 heavy (non-hydrogen) atoms. The third-order valence-electron chi connectivity index (χ3n) is 6.25. The van der Waals surface area contributed by atoms with E-state index in [4.69, 9.17) is 9.84 Å². The summed E-state index contributed by atoms with van der Waals surface area (Å²) in [6.07, 6.45) is 0.539. The molecule has 2 heterocycles. The maximum absolute atomic E-state index is 13.8. The Kier molecular flexibility index (Phi) is 7.05. The number of anilines is 1. The van der Waals surface area contributed by atoms with Crippen LogP contribution in [0.5, 0.6) is 5.75 Å². The van der Waals surface area contributed by atoms with Crippen molar-refractivity contribution in [1.82, 2.24) is 5.01 Å². The highest BCUT2D eigenvalue weighted by Gasteiger charge is 2.39. The topological polar surface area (TPSA) is 83.4 Å². The van der Waals surface area contributed by atoms with E-state index in [-0.39, 0.29) is 24.3 Å². The lowest BCUT2D eigenvalue weighted by atomic mass is 9.98. The smallest absolute Gasteiger partial charge is 0.262 e. The quantitative estimate of drug-likeness (QED) is 0.480. The lowest BCUT2D eigenvalue weighted by Gasteiger charge is -2.23. The fourth-order valence-electron chi connectivity index (χ4n) is 4.25. The number of amides is 2. The van der Waals surface area contributed by atoms with E-state index in [9.17, 15) is 14.0 Å². The van der Waals surface area contributed by atoms with Gasteiger partial charge < -0.3 is 10.1 Å². The molecule has 0 spiro atoms. The minimum absolute atomic E-state index is 0.0811. The molecule has 0 aromatic heterocycles. The van der Waals surface area contributed by atoms with Crippen LogP contribution in [0.4, 0.5) is 10.1 Å². The van der Waals surface area contributed by atoms with Crippen LogP contribution >= 0.6 is 11.8 Å². The zero-order valence-corrected chi connectivity index (χ0v) is 21.2. The number of nitrogens with zero attached hydrogens (tertiary/aromatic N) is 3. The highest BCUT2D eigenvalue weighted by Crippen LogP contribution is 2.38. The first-order valence-electron chi connectivity index (χ1n) is 11.8. The van der Waals surface area contributed by atoms with Crippen LogP contribution in [0.1, 0.15) is 35.6 Å². The van der Waals surface area contributed by atoms with Gasteiger partial charge in [-0.1, -0.05) is 60.3 Å². The zero-order valence-electron chi connectivity index (χ0n) is 20.3. The number of aliphatic imine (C=N–C) groups is 1. The van der Waals surface area contributed by atoms with Crippen LogP contribution in [0.15, 0.2) is 82.9 Å². The summed E-state index contributed by atoms with van der Waals surface area (Å²) in [6.45, 7) is 1.65. The zero-order chi connectivity index (χ0) is 25.9. The number of hydrogen-bond acceptors (Lipinski definition) is 6. The molecule has 0 radical (unpaired) electrons. The van der Waals surface area contributed by atoms with Crippen molar-refractivity contribution in [2.75, 3.05) is 12.4 Å². The van der Waals surface area contributed by atoms with Gasteiger partial charge in [0, 0.05) is 24.1 Å². The molecular weight excluding hydrogens is 491 g/mol. The van der Waals surface area contributed by atoms with Crippen LogP contribution in [0.3, 0.4) is 0 Å². The Morgan fingerprint density at radius 3 is 2.70 bits per heavy atom. The summed E-state index contributed by atoms with van der Waals surface area (Å²) in [5, 5.41) is 9.07. The third kappa shape index (κ3) is 5.41. The van der Waals surface area contributed by atoms with Crippen molar-refractivity contribution >= 4 is 40.1 Å². The predicted molar refractivity (Wildman–Crippen MR) is 143 cm³/mol. The van der Waals surface area contributed by atoms with E-state index in [1.807, 2.05) is 54.6 Å². The first-order chi connectivity index (χ1) is 17.9. The SMILES string of the molecule is COc1cccc(C2=NN(C3=NC(=O)[C@@H](CC(=O)Nc4ccc(C)c(F)c4)S3)[C@@H](c3ccccc3)C2)c1. The van der Waals surface area contributed by atoms with Gasteiger partial charge in [-0.3, -0.25) is 9.59 Å². The number of nitrogens with one attached hydrogen (secondary N) is 1. The third-order valence-corrected chi connectivity index (χ3v) is 7.39. The highest BCUT2D eigenvalue weighted by atomic mass is 32.2. The first-order valence-corrected chi connectivity index (χ1v) is 12.7. The van der Waals surface area contributed by atoms with Crippen molar-refractivity contribution in [3.63, 3.8) is 0 Å². The Morgan fingerprint density at radius 2 is 1.95 bits per heavy atom. The maximum Gasteiger partial charge on any atom is 0.262 e. The van der Waals surface area contributed by atoms with E-state index in [1.54, 1.807) is 31.2 Å². The molecule has 188 valence electrons. The molecule has 2 amide bonds. The van der Waals surface area contributed by atoms with E-state index in [2.05, 4.69) is 10.3 Å². The van der Waals surface area contributed by atoms with Crippen LogP contribution in [-0.2, 0) is 9.59 Å². The van der Waals surface area contributed by atoms with Gasteiger partial charge in [-0.05, 0) is 42.3 Å². The van der Waals surface area contributed by atoms with Crippen molar-refractivity contribution in [2.24, 2.45) is 10.1 Å². The van der Waals surface area contributed by atoms with Crippen molar-refractivity contribution < 1.29 is 18.7 Å². The van der Waals surface area contributed by atoms with E-state index < -0.39 is 11.1 Å². The maximum atomic E-state index is 13.8. The molecule has 0 bridgehead atoms. The van der Waals surface area contributed by atoms with Crippen molar-refractivity contribution in [3.8, 4) is 5.75 Å². The summed E-state index contributed by atoms with van der Waals surface area (Å²) in [6, 6.07) is 22.0. The van der Waals surface area contributed by atoms with Gasteiger partial charge in [0.25, 0.3) is 5.91 Å². The van der Waals surface area contributed by atoms with Gasteiger partial charge in [0.1, 0.15) is 16.8 Å². The summed E-state index contributed by atoms with van der Waals surface area (Å²) >= 11 is 1.22. The summed E-state index contributed by atoms with van der Waals surface area (Å²) in [5.74, 6) is -0.438. The number of methoxy groups -OCH3 is 1. The minimum atomic E-state index is -0.683. The summed E-state index contributed by atoms with van der Waals surface area (Å²) in [4.78, 5) is 29.7. The van der Waals surface area contributed by atoms with Gasteiger partial charge >= 0.3 is 0 Å². The number of halogens is 1. The Labute approximate surface area is 218 Å². The molecule has 2 aliphatic heterocycles. The molecule has 1 N–H and O–H groups in total. The van der Waals surface area contributed by atoms with Crippen LogP contribution in [0.2, 0.25) is 0 Å². The Hall–Kier alpha value is -3.98. The first kappa shape index (κ1) is 24.7. The number of ether oxygens (including phenoxy) is 1. The number of aryl methyl sites for hydroxylation is 1. The number of rotatable bonds is 6. The van der Waals surface area contributed by atoms with Gasteiger partial charge in [0.15, 0.2) is 5.17 Å².